The van der Waals surface area contributed by atoms with Crippen LogP contribution in [0.4, 0.5) is 5.69 Å². The highest BCUT2D eigenvalue weighted by molar-refractivity contribution is 7.90. The smallest absolute Gasteiger partial charge is 0.304 e. The Labute approximate surface area is 203 Å². The van der Waals surface area contributed by atoms with Crippen molar-refractivity contribution in [3.8, 4) is 0 Å². The van der Waals surface area contributed by atoms with Crippen LogP contribution in [-0.2, 0) is 26.3 Å². The van der Waals surface area contributed by atoms with Gasteiger partial charge in [-0.1, -0.05) is 61.4 Å². The lowest BCUT2D eigenvalue weighted by Gasteiger charge is -2.32. The Kier molecular flexibility index (Phi) is 10.1. The first-order valence-corrected chi connectivity index (χ1v) is 12.9. The Morgan fingerprint density at radius 2 is 1.62 bits per heavy atom. The fraction of sp³-hybridized carbons (Fsp3) is 0.440. The molecule has 0 aliphatic rings. The molecule has 9 heteroatoms. The number of hydrogen-bond acceptors (Lipinski definition) is 4. The molecular weight excluding hydrogens is 452 g/mol. The van der Waals surface area contributed by atoms with Gasteiger partial charge in [0.15, 0.2) is 0 Å². The highest BCUT2D eigenvalue weighted by atomic mass is 32.2. The maximum absolute atomic E-state index is 13.6. The SMILES string of the molecule is CCCCNC(=O)[C@@H](C)N(Cc1ccc(C)cc1)C(=O)CN(c1ccccc1)S(=O)(=O)N(C)C. The zero-order valence-corrected chi connectivity index (χ0v) is 21.5. The predicted octanol–water partition coefficient (Wildman–Crippen LogP) is 2.94. The lowest BCUT2D eigenvalue weighted by Crippen LogP contribution is -2.52. The molecule has 1 N–H and O–H groups in total. The quantitative estimate of drug-likeness (QED) is 0.465. The van der Waals surface area contributed by atoms with Crippen LogP contribution in [0, 0.1) is 6.92 Å². The van der Waals surface area contributed by atoms with Crippen LogP contribution in [0.2, 0.25) is 0 Å². The molecule has 0 spiro atoms. The maximum atomic E-state index is 13.6. The van der Waals surface area contributed by atoms with Crippen molar-refractivity contribution < 1.29 is 18.0 Å². The van der Waals surface area contributed by atoms with Crippen molar-refractivity contribution in [1.82, 2.24) is 14.5 Å². The number of nitrogens with zero attached hydrogens (tertiary/aromatic N) is 3. The van der Waals surface area contributed by atoms with Crippen LogP contribution in [0.15, 0.2) is 54.6 Å². The van der Waals surface area contributed by atoms with Crippen LogP contribution >= 0.6 is 0 Å². The fourth-order valence-corrected chi connectivity index (χ4v) is 4.38. The number of aryl methyl sites for hydroxylation is 1. The molecule has 8 nitrogen and oxygen atoms in total. The molecule has 2 rings (SSSR count). The second-order valence-corrected chi connectivity index (χ2v) is 10.5. The summed E-state index contributed by atoms with van der Waals surface area (Å²) in [6.45, 7) is 5.96. The minimum absolute atomic E-state index is 0.187. The minimum atomic E-state index is -3.94. The van der Waals surface area contributed by atoms with E-state index in [4.69, 9.17) is 0 Å². The molecule has 2 aromatic carbocycles. The predicted molar refractivity (Wildman–Crippen MR) is 136 cm³/mol. The third-order valence-corrected chi connectivity index (χ3v) is 7.35. The van der Waals surface area contributed by atoms with Crippen molar-refractivity contribution in [2.45, 2.75) is 46.2 Å². The van der Waals surface area contributed by atoms with E-state index in [-0.39, 0.29) is 12.5 Å². The molecule has 1 atom stereocenters. The highest BCUT2D eigenvalue weighted by Crippen LogP contribution is 2.20. The summed E-state index contributed by atoms with van der Waals surface area (Å²) >= 11 is 0. The van der Waals surface area contributed by atoms with Gasteiger partial charge in [0.1, 0.15) is 12.6 Å². The molecule has 34 heavy (non-hydrogen) atoms. The van der Waals surface area contributed by atoms with Crippen LogP contribution in [-0.4, -0.2) is 62.7 Å². The lowest BCUT2D eigenvalue weighted by atomic mass is 10.1. The van der Waals surface area contributed by atoms with Crippen molar-refractivity contribution >= 4 is 27.7 Å². The van der Waals surface area contributed by atoms with Gasteiger partial charge in [-0.3, -0.25) is 9.59 Å². The van der Waals surface area contributed by atoms with Gasteiger partial charge in [-0.25, -0.2) is 4.31 Å². The van der Waals surface area contributed by atoms with Crippen LogP contribution in [0.3, 0.4) is 0 Å². The number of para-hydroxylation sites is 1. The number of anilines is 1. The monoisotopic (exact) mass is 488 g/mol. The van der Waals surface area contributed by atoms with Gasteiger partial charge in [0.05, 0.1) is 5.69 Å². The van der Waals surface area contributed by atoms with Gasteiger partial charge >= 0.3 is 10.2 Å². The van der Waals surface area contributed by atoms with E-state index in [1.165, 1.54) is 19.0 Å². The number of carbonyl (C=O) groups is 2. The molecule has 2 amide bonds. The van der Waals surface area contributed by atoms with E-state index in [2.05, 4.69) is 5.32 Å². The van der Waals surface area contributed by atoms with Crippen LogP contribution < -0.4 is 9.62 Å². The minimum Gasteiger partial charge on any atom is -0.354 e. The molecule has 0 fully saturated rings. The van der Waals surface area contributed by atoms with Crippen LogP contribution in [0.25, 0.3) is 0 Å². The van der Waals surface area contributed by atoms with Crippen molar-refractivity contribution in [2.24, 2.45) is 0 Å². The second-order valence-electron chi connectivity index (χ2n) is 8.46. The molecule has 0 radical (unpaired) electrons. The van der Waals surface area contributed by atoms with Crippen molar-refractivity contribution in [3.05, 3.63) is 65.7 Å². The van der Waals surface area contributed by atoms with E-state index >= 15 is 0 Å². The molecule has 186 valence electrons. The van der Waals surface area contributed by atoms with Gasteiger partial charge < -0.3 is 10.2 Å². The van der Waals surface area contributed by atoms with E-state index in [1.807, 2.05) is 38.1 Å². The summed E-state index contributed by atoms with van der Waals surface area (Å²) < 4.78 is 28.3. The standard InChI is InChI=1S/C25H36N4O4S/c1-6-7-17-26-25(31)21(3)28(18-22-15-13-20(2)14-16-22)24(30)19-29(34(32,33)27(4)5)23-11-9-8-10-12-23/h8-16,21H,6-7,17-19H2,1-5H3,(H,26,31)/t21-/m1/s1. The number of unbranched alkanes of at least 4 members (excludes halogenated alkanes) is 1. The summed E-state index contributed by atoms with van der Waals surface area (Å²) in [6.07, 6.45) is 1.78. The largest absolute Gasteiger partial charge is 0.354 e. The second kappa shape index (κ2) is 12.5. The average Bonchev–Trinajstić information content (AvgIpc) is 2.82. The van der Waals surface area contributed by atoms with E-state index in [0.29, 0.717) is 12.2 Å². The molecule has 0 saturated carbocycles. The van der Waals surface area contributed by atoms with Gasteiger partial charge in [-0.15, -0.1) is 0 Å². The summed E-state index contributed by atoms with van der Waals surface area (Å²) in [5, 5.41) is 2.87. The first kappa shape index (κ1) is 27.3. The Morgan fingerprint density at radius 1 is 1.00 bits per heavy atom. The summed E-state index contributed by atoms with van der Waals surface area (Å²) in [5.41, 5.74) is 2.31. The topological polar surface area (TPSA) is 90.0 Å². The molecule has 0 aliphatic carbocycles. The third kappa shape index (κ3) is 7.30. The molecule has 0 aliphatic heterocycles. The number of rotatable bonds is 12. The van der Waals surface area contributed by atoms with Gasteiger partial charge in [0.25, 0.3) is 0 Å². The average molecular weight is 489 g/mol. The van der Waals surface area contributed by atoms with Crippen LogP contribution in [0.5, 0.6) is 0 Å². The van der Waals surface area contributed by atoms with Crippen molar-refractivity contribution in [1.29, 1.82) is 0 Å². The van der Waals surface area contributed by atoms with E-state index < -0.39 is 28.7 Å². The Bertz CT molecular complexity index is 1040. The van der Waals surface area contributed by atoms with Crippen molar-refractivity contribution in [3.63, 3.8) is 0 Å². The summed E-state index contributed by atoms with van der Waals surface area (Å²) in [4.78, 5) is 27.8. The highest BCUT2D eigenvalue weighted by Gasteiger charge is 2.32. The first-order chi connectivity index (χ1) is 16.1. The fourth-order valence-electron chi connectivity index (χ4n) is 3.32. The van der Waals surface area contributed by atoms with E-state index in [1.54, 1.807) is 37.3 Å². The molecule has 2 aromatic rings. The molecule has 0 aromatic heterocycles. The lowest BCUT2D eigenvalue weighted by molar-refractivity contribution is -0.139. The number of benzene rings is 2. The Hall–Kier alpha value is -2.91. The zero-order valence-electron chi connectivity index (χ0n) is 20.7. The summed E-state index contributed by atoms with van der Waals surface area (Å²) in [6, 6.07) is 15.4. The molecule has 0 heterocycles. The summed E-state index contributed by atoms with van der Waals surface area (Å²) in [5.74, 6) is -0.733. The van der Waals surface area contributed by atoms with Crippen molar-refractivity contribution in [2.75, 3.05) is 31.5 Å². The summed E-state index contributed by atoms with van der Waals surface area (Å²) in [7, 11) is -1.10. The first-order valence-electron chi connectivity index (χ1n) is 11.5. The van der Waals surface area contributed by atoms with Gasteiger partial charge in [0, 0.05) is 27.2 Å². The third-order valence-electron chi connectivity index (χ3n) is 5.53. The number of nitrogens with one attached hydrogen (secondary N) is 1. The molecular formula is C25H36N4O4S. The van der Waals surface area contributed by atoms with Gasteiger partial charge in [-0.2, -0.15) is 12.7 Å². The molecule has 0 saturated heterocycles. The number of carbonyl (C=O) groups excluding carboxylic acids is 2. The normalized spacial score (nSPS) is 12.3. The van der Waals surface area contributed by atoms with Crippen LogP contribution in [0.1, 0.15) is 37.8 Å². The number of hydrogen-bond donors (Lipinski definition) is 1. The molecule has 0 unspecified atom stereocenters. The Balaban J connectivity index is 2.37. The van der Waals surface area contributed by atoms with Gasteiger partial charge in [-0.05, 0) is 38.0 Å². The van der Waals surface area contributed by atoms with E-state index in [0.717, 1.165) is 32.6 Å². The van der Waals surface area contributed by atoms with E-state index in [9.17, 15) is 18.0 Å². The molecule has 0 bridgehead atoms. The number of amides is 2. The Morgan fingerprint density at radius 3 is 2.18 bits per heavy atom. The maximum Gasteiger partial charge on any atom is 0.304 e. The zero-order chi connectivity index (χ0) is 25.3. The van der Waals surface area contributed by atoms with Gasteiger partial charge in [0.2, 0.25) is 11.8 Å².